The monoisotopic (exact) mass is 582 g/mol. The van der Waals surface area contributed by atoms with Crippen molar-refractivity contribution in [2.45, 2.75) is 64.1 Å². The molecule has 1 aliphatic heterocycles. The normalized spacial score (nSPS) is 21.0. The zero-order chi connectivity index (χ0) is 30.1. The molecule has 4 atom stereocenters. The highest BCUT2D eigenvalue weighted by molar-refractivity contribution is 5.79. The summed E-state index contributed by atoms with van der Waals surface area (Å²) in [5.41, 5.74) is 4.63. The van der Waals surface area contributed by atoms with Crippen molar-refractivity contribution in [2.24, 2.45) is 0 Å². The van der Waals surface area contributed by atoms with Gasteiger partial charge >= 0.3 is 24.0 Å². The number of rotatable bonds is 12. The quantitative estimate of drug-likeness (QED) is 0.224. The van der Waals surface area contributed by atoms with Crippen molar-refractivity contribution in [3.63, 3.8) is 0 Å². The summed E-state index contributed by atoms with van der Waals surface area (Å²) >= 11 is 0. The number of alkyl carbamates (subject to hydrolysis) is 1. The molecule has 1 amide bonds. The Kier molecular flexibility index (Phi) is 10.9. The molecule has 11 nitrogen and oxygen atoms in total. The highest BCUT2D eigenvalue weighted by Crippen LogP contribution is 2.44. The van der Waals surface area contributed by atoms with E-state index in [1.54, 1.807) is 0 Å². The van der Waals surface area contributed by atoms with Crippen LogP contribution < -0.4 is 5.32 Å². The van der Waals surface area contributed by atoms with E-state index >= 15 is 0 Å². The topological polar surface area (TPSA) is 136 Å². The van der Waals surface area contributed by atoms with Crippen LogP contribution >= 0.6 is 0 Å². The number of hydrogen-bond donors (Lipinski definition) is 1. The summed E-state index contributed by atoms with van der Waals surface area (Å²) in [4.78, 5) is 47.0. The molecular formula is C31H36NO10. The number of nitrogens with one attached hydrogen (secondary N) is 1. The number of benzene rings is 2. The van der Waals surface area contributed by atoms with Crippen LogP contribution in [0.4, 0.5) is 4.79 Å². The van der Waals surface area contributed by atoms with Crippen LogP contribution in [0.25, 0.3) is 11.1 Å². The van der Waals surface area contributed by atoms with Crippen LogP contribution in [0.2, 0.25) is 0 Å². The predicted molar refractivity (Wildman–Crippen MR) is 149 cm³/mol. The molecule has 4 rings (SSSR count). The largest absolute Gasteiger partial charge is 0.463 e. The maximum Gasteiger partial charge on any atom is 0.407 e. The van der Waals surface area contributed by atoms with Gasteiger partial charge in [0.15, 0.2) is 12.4 Å². The number of unbranched alkanes of at least 4 members (excludes halogenated alkanes) is 1. The molecular weight excluding hydrogens is 546 g/mol. The Hall–Kier alpha value is -3.96. The summed E-state index contributed by atoms with van der Waals surface area (Å²) in [6.45, 7) is 4.35. The highest BCUT2D eigenvalue weighted by Gasteiger charge is 2.44. The minimum atomic E-state index is -1.01. The first-order valence-corrected chi connectivity index (χ1v) is 13.9. The molecule has 1 aliphatic carbocycles. The summed E-state index contributed by atoms with van der Waals surface area (Å²) in [6.07, 6.45) is -1.60. The number of carbonyl (C=O) groups is 4. The fourth-order valence-electron chi connectivity index (χ4n) is 5.10. The van der Waals surface area contributed by atoms with E-state index in [9.17, 15) is 19.2 Å². The van der Waals surface area contributed by atoms with Gasteiger partial charge in [0.2, 0.25) is 0 Å². The highest BCUT2D eigenvalue weighted by atomic mass is 16.7. The van der Waals surface area contributed by atoms with Gasteiger partial charge in [0.25, 0.3) is 0 Å². The van der Waals surface area contributed by atoms with Crippen LogP contribution in [0.15, 0.2) is 48.5 Å². The Balaban J connectivity index is 1.19. The van der Waals surface area contributed by atoms with Crippen molar-refractivity contribution in [3.05, 3.63) is 66.1 Å². The molecule has 42 heavy (non-hydrogen) atoms. The van der Waals surface area contributed by atoms with Gasteiger partial charge in [0.05, 0.1) is 6.42 Å². The van der Waals surface area contributed by atoms with E-state index in [2.05, 4.69) is 29.6 Å². The molecule has 0 unspecified atom stereocenters. The van der Waals surface area contributed by atoms with Crippen molar-refractivity contribution >= 4 is 24.0 Å². The lowest BCUT2D eigenvalue weighted by molar-refractivity contribution is -0.243. The first-order chi connectivity index (χ1) is 20.2. The molecule has 1 heterocycles. The summed E-state index contributed by atoms with van der Waals surface area (Å²) in [7, 11) is 0. The van der Waals surface area contributed by atoms with E-state index in [1.807, 2.05) is 24.3 Å². The molecule has 2 aliphatic rings. The number of esters is 3. The Morgan fingerprint density at radius 2 is 1.43 bits per heavy atom. The van der Waals surface area contributed by atoms with Gasteiger partial charge in [-0.15, -0.1) is 0 Å². The third kappa shape index (κ3) is 8.29. The first kappa shape index (κ1) is 31.0. The SMILES string of the molecule is CC(=O)OC[C@H]1O[C@H](OCCCCNC(=O)OCC2c3ccccc3-c3ccccc32)[CH][C@H](OC(C)=O)[C@H]1OC(C)=O. The maximum absolute atomic E-state index is 12.4. The van der Waals surface area contributed by atoms with Crippen molar-refractivity contribution in [3.8, 4) is 11.1 Å². The molecule has 225 valence electrons. The lowest BCUT2D eigenvalue weighted by Crippen LogP contribution is -2.54. The van der Waals surface area contributed by atoms with E-state index in [1.165, 1.54) is 38.3 Å². The number of amides is 1. The van der Waals surface area contributed by atoms with Gasteiger partial charge in [-0.1, -0.05) is 48.5 Å². The van der Waals surface area contributed by atoms with Crippen LogP contribution in [0.1, 0.15) is 50.7 Å². The van der Waals surface area contributed by atoms with E-state index in [-0.39, 0.29) is 25.7 Å². The van der Waals surface area contributed by atoms with Gasteiger partial charge in [0, 0.05) is 39.8 Å². The molecule has 0 spiro atoms. The number of ether oxygens (including phenoxy) is 6. The van der Waals surface area contributed by atoms with Crippen LogP contribution in [0, 0.1) is 6.42 Å². The fraction of sp³-hybridized carbons (Fsp3) is 0.452. The summed E-state index contributed by atoms with van der Waals surface area (Å²) in [5.74, 6) is -1.74. The summed E-state index contributed by atoms with van der Waals surface area (Å²) < 4.78 is 32.8. The van der Waals surface area contributed by atoms with Gasteiger partial charge in [-0.05, 0) is 35.1 Å². The second-order valence-electron chi connectivity index (χ2n) is 10.0. The Bertz CT molecular complexity index is 1220. The summed E-state index contributed by atoms with van der Waals surface area (Å²) in [6, 6.07) is 16.3. The lowest BCUT2D eigenvalue weighted by atomic mass is 9.98. The number of hydrogen-bond acceptors (Lipinski definition) is 10. The van der Waals surface area contributed by atoms with Crippen LogP contribution in [0.3, 0.4) is 0 Å². The number of fused-ring (bicyclic) bond motifs is 3. The van der Waals surface area contributed by atoms with Gasteiger partial charge < -0.3 is 33.7 Å². The predicted octanol–water partition coefficient (Wildman–Crippen LogP) is 3.68. The third-order valence-electron chi connectivity index (χ3n) is 6.87. The molecule has 1 N–H and O–H groups in total. The zero-order valence-electron chi connectivity index (χ0n) is 23.9. The molecule has 2 aromatic rings. The van der Waals surface area contributed by atoms with E-state index < -0.39 is 48.6 Å². The Morgan fingerprint density at radius 3 is 2.05 bits per heavy atom. The van der Waals surface area contributed by atoms with Crippen molar-refractivity contribution in [1.82, 2.24) is 5.32 Å². The molecule has 1 radical (unpaired) electrons. The minimum absolute atomic E-state index is 0.00998. The third-order valence-corrected chi connectivity index (χ3v) is 6.87. The fourth-order valence-corrected chi connectivity index (χ4v) is 5.10. The summed E-state index contributed by atoms with van der Waals surface area (Å²) in [5, 5.41) is 2.77. The molecule has 0 saturated carbocycles. The Morgan fingerprint density at radius 1 is 0.786 bits per heavy atom. The van der Waals surface area contributed by atoms with E-state index in [0.717, 1.165) is 11.1 Å². The van der Waals surface area contributed by atoms with Gasteiger partial charge in [0.1, 0.15) is 25.4 Å². The van der Waals surface area contributed by atoms with E-state index in [0.29, 0.717) is 19.4 Å². The van der Waals surface area contributed by atoms with Crippen LogP contribution in [0.5, 0.6) is 0 Å². The van der Waals surface area contributed by atoms with Gasteiger partial charge in [-0.25, -0.2) is 4.79 Å². The smallest absolute Gasteiger partial charge is 0.407 e. The van der Waals surface area contributed by atoms with E-state index in [4.69, 9.17) is 28.4 Å². The Labute approximate surface area is 244 Å². The van der Waals surface area contributed by atoms with Gasteiger partial charge in [-0.2, -0.15) is 0 Å². The molecule has 1 saturated heterocycles. The van der Waals surface area contributed by atoms with Gasteiger partial charge in [-0.3, -0.25) is 14.4 Å². The lowest BCUT2D eigenvalue weighted by Gasteiger charge is -2.39. The number of carbonyl (C=O) groups excluding carboxylic acids is 4. The van der Waals surface area contributed by atoms with Crippen LogP contribution in [-0.4, -0.2) is 75.0 Å². The van der Waals surface area contributed by atoms with Crippen molar-refractivity contribution in [2.75, 3.05) is 26.4 Å². The van der Waals surface area contributed by atoms with Crippen molar-refractivity contribution in [1.29, 1.82) is 0 Å². The standard InChI is InChI=1S/C31H36NO10/c1-19(33)38-18-28-30(41-21(3)35)27(40-20(2)34)16-29(42-28)37-15-9-8-14-32-31(36)39-17-26-24-12-6-4-10-22(24)23-11-5-7-13-25(23)26/h4-7,10-13,16,26-30H,8-9,14-15,17-18H2,1-3H3,(H,32,36)/t27-,28+,29-,30+/m0/s1. The van der Waals surface area contributed by atoms with Crippen molar-refractivity contribution < 1.29 is 47.6 Å². The molecule has 2 aromatic carbocycles. The maximum atomic E-state index is 12.4. The average Bonchev–Trinajstić information content (AvgIpc) is 3.27. The minimum Gasteiger partial charge on any atom is -0.463 e. The molecule has 1 fully saturated rings. The second-order valence-corrected chi connectivity index (χ2v) is 10.0. The molecule has 11 heteroatoms. The molecule has 0 bridgehead atoms. The second kappa shape index (κ2) is 14.8. The molecule has 0 aromatic heterocycles. The zero-order valence-corrected chi connectivity index (χ0v) is 23.9. The van der Waals surface area contributed by atoms with Crippen LogP contribution in [-0.2, 0) is 42.8 Å². The average molecular weight is 583 g/mol. The first-order valence-electron chi connectivity index (χ1n) is 13.9.